The summed E-state index contributed by atoms with van der Waals surface area (Å²) in [7, 11) is 8.07. The number of nitrogens with one attached hydrogen (secondary N) is 2. The van der Waals surface area contributed by atoms with Crippen LogP contribution in [0.4, 0.5) is 9.59 Å². The van der Waals surface area contributed by atoms with Crippen molar-refractivity contribution in [3.63, 3.8) is 0 Å². The molecule has 0 radical (unpaired) electrons. The highest BCUT2D eigenvalue weighted by atomic mass is 16.5. The first kappa shape index (κ1) is 18.9. The number of hydrogen-bond acceptors (Lipinski definition) is 5. The van der Waals surface area contributed by atoms with E-state index in [1.807, 2.05) is 19.1 Å². The molecule has 2 saturated heterocycles. The quantitative estimate of drug-likeness (QED) is 0.826. The van der Waals surface area contributed by atoms with E-state index in [-0.39, 0.29) is 30.1 Å². The Bertz CT molecular complexity index is 730. The van der Waals surface area contributed by atoms with Gasteiger partial charge in [0.25, 0.3) is 0 Å². The highest BCUT2D eigenvalue weighted by molar-refractivity contribution is 5.80. The van der Waals surface area contributed by atoms with Gasteiger partial charge in [-0.25, -0.2) is 9.59 Å². The lowest BCUT2D eigenvalue weighted by atomic mass is 9.81. The highest BCUT2D eigenvalue weighted by Crippen LogP contribution is 2.45. The van der Waals surface area contributed by atoms with Crippen LogP contribution in [0.1, 0.15) is 18.5 Å². The topological polar surface area (TPSA) is 92.4 Å². The number of benzene rings is 1. The summed E-state index contributed by atoms with van der Waals surface area (Å²) in [5.41, 5.74) is 0.841. The molecule has 0 aromatic heterocycles. The molecule has 9 nitrogen and oxygen atoms in total. The Kier molecular flexibility index (Phi) is 4.95. The molecule has 0 aliphatic carbocycles. The van der Waals surface area contributed by atoms with Gasteiger partial charge in [0, 0.05) is 26.1 Å². The van der Waals surface area contributed by atoms with Crippen molar-refractivity contribution in [2.75, 3.05) is 35.4 Å². The van der Waals surface area contributed by atoms with Crippen LogP contribution in [-0.2, 0) is 0 Å². The predicted octanol–water partition coefficient (Wildman–Crippen LogP) is 1.39. The number of amides is 4. The van der Waals surface area contributed by atoms with Gasteiger partial charge in [-0.15, -0.1) is 0 Å². The molecular weight excluding hydrogens is 352 g/mol. The van der Waals surface area contributed by atoms with Crippen LogP contribution < -0.4 is 24.8 Å². The summed E-state index contributed by atoms with van der Waals surface area (Å²) >= 11 is 0. The fourth-order valence-electron chi connectivity index (χ4n) is 4.02. The van der Waals surface area contributed by atoms with Crippen molar-refractivity contribution < 1.29 is 23.8 Å². The zero-order chi connectivity index (χ0) is 19.9. The maximum atomic E-state index is 12.6. The van der Waals surface area contributed by atoms with Gasteiger partial charge in [-0.3, -0.25) is 0 Å². The molecule has 148 valence electrons. The average Bonchev–Trinajstić information content (AvgIpc) is 2.66. The molecule has 1 aromatic carbocycles. The van der Waals surface area contributed by atoms with Gasteiger partial charge in [0.05, 0.1) is 27.4 Å². The minimum Gasteiger partial charge on any atom is -0.493 e. The number of rotatable bonds is 4. The maximum Gasteiger partial charge on any atom is 0.319 e. The largest absolute Gasteiger partial charge is 0.493 e. The van der Waals surface area contributed by atoms with Gasteiger partial charge >= 0.3 is 12.1 Å². The van der Waals surface area contributed by atoms with E-state index in [1.165, 1.54) is 4.90 Å². The average molecular weight is 378 g/mol. The second-order valence-electron chi connectivity index (χ2n) is 6.84. The maximum absolute atomic E-state index is 12.6. The van der Waals surface area contributed by atoms with E-state index in [2.05, 4.69) is 10.6 Å². The summed E-state index contributed by atoms with van der Waals surface area (Å²) in [6, 6.07) is 2.80. The summed E-state index contributed by atoms with van der Waals surface area (Å²) in [5, 5.41) is 5.89. The van der Waals surface area contributed by atoms with Crippen molar-refractivity contribution in [1.29, 1.82) is 0 Å². The van der Waals surface area contributed by atoms with Crippen molar-refractivity contribution in [2.24, 2.45) is 5.92 Å². The van der Waals surface area contributed by atoms with Crippen LogP contribution in [0.2, 0.25) is 0 Å². The van der Waals surface area contributed by atoms with Crippen LogP contribution >= 0.6 is 0 Å². The van der Waals surface area contributed by atoms with E-state index in [9.17, 15) is 9.59 Å². The van der Waals surface area contributed by atoms with Gasteiger partial charge in [-0.2, -0.15) is 0 Å². The van der Waals surface area contributed by atoms with Gasteiger partial charge in [0.1, 0.15) is 6.17 Å². The van der Waals surface area contributed by atoms with Crippen LogP contribution in [0.25, 0.3) is 0 Å². The number of methoxy groups -OCH3 is 3. The Morgan fingerprint density at radius 2 is 1.44 bits per heavy atom. The molecule has 0 unspecified atom stereocenters. The number of ether oxygens (including phenoxy) is 3. The first-order valence-electron chi connectivity index (χ1n) is 8.70. The molecule has 0 saturated carbocycles. The number of urea groups is 2. The van der Waals surface area contributed by atoms with Crippen molar-refractivity contribution in [1.82, 2.24) is 20.4 Å². The van der Waals surface area contributed by atoms with Crippen molar-refractivity contribution in [3.05, 3.63) is 17.7 Å². The Labute approximate surface area is 158 Å². The molecule has 4 atom stereocenters. The van der Waals surface area contributed by atoms with Crippen LogP contribution in [0.15, 0.2) is 12.1 Å². The Morgan fingerprint density at radius 3 is 1.96 bits per heavy atom. The van der Waals surface area contributed by atoms with Crippen LogP contribution in [0, 0.1) is 5.92 Å². The number of nitrogens with zero attached hydrogens (tertiary/aromatic N) is 2. The van der Waals surface area contributed by atoms with Gasteiger partial charge in [-0.1, -0.05) is 0 Å². The Morgan fingerprint density at radius 1 is 0.889 bits per heavy atom. The number of fused-ring (bicyclic) bond motifs is 1. The first-order valence-corrected chi connectivity index (χ1v) is 8.70. The van der Waals surface area contributed by atoms with Crippen LogP contribution in [0.3, 0.4) is 0 Å². The molecule has 0 bridgehead atoms. The third kappa shape index (κ3) is 2.96. The molecular formula is C18H26N4O5. The minimum atomic E-state index is -0.415. The lowest BCUT2D eigenvalue weighted by molar-refractivity contribution is 0.0247. The number of hydrogen-bond donors (Lipinski definition) is 2. The lowest BCUT2D eigenvalue weighted by Gasteiger charge is -2.52. The van der Waals surface area contributed by atoms with Gasteiger partial charge in [0.2, 0.25) is 5.75 Å². The number of carbonyl (C=O) groups excluding carboxylic acids is 2. The summed E-state index contributed by atoms with van der Waals surface area (Å²) in [4.78, 5) is 27.9. The molecule has 4 amide bonds. The zero-order valence-electron chi connectivity index (χ0n) is 16.4. The minimum absolute atomic E-state index is 0.0850. The molecule has 0 spiro atoms. The summed E-state index contributed by atoms with van der Waals surface area (Å²) in [6.07, 6.45) is -0.415. The number of carbonyl (C=O) groups is 2. The van der Waals surface area contributed by atoms with Gasteiger partial charge < -0.3 is 34.6 Å². The Hall–Kier alpha value is -2.84. The molecule has 2 aliphatic heterocycles. The van der Waals surface area contributed by atoms with E-state index >= 15 is 0 Å². The molecule has 2 fully saturated rings. The third-order valence-corrected chi connectivity index (χ3v) is 5.43. The fourth-order valence-corrected chi connectivity index (χ4v) is 4.02. The van der Waals surface area contributed by atoms with Crippen molar-refractivity contribution >= 4 is 12.1 Å². The molecule has 2 heterocycles. The van der Waals surface area contributed by atoms with Gasteiger partial charge in [-0.05, 0) is 24.6 Å². The molecule has 1 aromatic rings. The molecule has 27 heavy (non-hydrogen) atoms. The van der Waals surface area contributed by atoms with Crippen molar-refractivity contribution in [2.45, 2.75) is 25.2 Å². The van der Waals surface area contributed by atoms with E-state index in [1.54, 1.807) is 40.3 Å². The van der Waals surface area contributed by atoms with Crippen molar-refractivity contribution in [3.8, 4) is 17.2 Å². The first-order chi connectivity index (χ1) is 12.8. The normalized spacial score (nSPS) is 27.5. The smallest absolute Gasteiger partial charge is 0.319 e. The highest BCUT2D eigenvalue weighted by Gasteiger charge is 2.49. The summed E-state index contributed by atoms with van der Waals surface area (Å²) in [5.74, 6) is 1.44. The molecule has 3 rings (SSSR count). The van der Waals surface area contributed by atoms with Crippen LogP contribution in [0.5, 0.6) is 17.2 Å². The molecule has 2 aliphatic rings. The Balaban J connectivity index is 2.12. The third-order valence-electron chi connectivity index (χ3n) is 5.43. The molecule has 2 N–H and O–H groups in total. The van der Waals surface area contributed by atoms with E-state index < -0.39 is 6.17 Å². The fraction of sp³-hybridized carbons (Fsp3) is 0.556. The SMILES string of the molecule is COc1cc([C@@H]2[C@@H]3[C@H](C)NC(=O)N(C)[C@@H]3NC(=O)N2C)cc(OC)c1OC. The zero-order valence-corrected chi connectivity index (χ0v) is 16.4. The second-order valence-corrected chi connectivity index (χ2v) is 6.84. The van der Waals surface area contributed by atoms with Gasteiger partial charge in [0.15, 0.2) is 11.5 Å². The summed E-state index contributed by atoms with van der Waals surface area (Å²) in [6.45, 7) is 1.94. The molecule has 9 heteroatoms. The second kappa shape index (κ2) is 7.05. The summed E-state index contributed by atoms with van der Waals surface area (Å²) < 4.78 is 16.3. The van der Waals surface area contributed by atoms with E-state index in [0.29, 0.717) is 17.2 Å². The monoisotopic (exact) mass is 378 g/mol. The predicted molar refractivity (Wildman–Crippen MR) is 98.2 cm³/mol. The lowest BCUT2D eigenvalue weighted by Crippen LogP contribution is -2.71. The van der Waals surface area contributed by atoms with E-state index in [4.69, 9.17) is 14.2 Å². The van der Waals surface area contributed by atoms with E-state index in [0.717, 1.165) is 5.56 Å². The standard InChI is InChI=1S/C18H26N4O5/c1-9-13-14(10-7-11(25-4)15(27-6)12(8-10)26-5)21(2)18(24)20-16(13)22(3)17(23)19-9/h7-9,13-14,16H,1-6H3,(H,19,23)(H,20,24)/t9-,13-,14+,16-/m0/s1. The van der Waals surface area contributed by atoms with Crippen LogP contribution in [-0.4, -0.2) is 69.5 Å².